The summed E-state index contributed by atoms with van der Waals surface area (Å²) in [4.78, 5) is 0. The number of hydrogen-bond acceptors (Lipinski definition) is 6. The number of benzene rings is 2. The number of alkyl halides is 3. The summed E-state index contributed by atoms with van der Waals surface area (Å²) < 4.78 is 88.4. The van der Waals surface area contributed by atoms with Gasteiger partial charge < -0.3 is 17.9 Å². The van der Waals surface area contributed by atoms with Gasteiger partial charge >= 0.3 is 58.2 Å². The van der Waals surface area contributed by atoms with Crippen molar-refractivity contribution >= 4 is 36.9 Å². The van der Waals surface area contributed by atoms with Crippen molar-refractivity contribution in [2.24, 2.45) is 0 Å². The zero-order valence-electron chi connectivity index (χ0n) is 25.5. The molecule has 6 nitrogen and oxygen atoms in total. The minimum Gasteiger partial charge on any atom is -0.452 e. The van der Waals surface area contributed by atoms with E-state index in [4.69, 9.17) is 13.7 Å². The second-order valence-corrected chi connectivity index (χ2v) is 18.0. The van der Waals surface area contributed by atoms with Crippen LogP contribution in [0.25, 0.3) is 0 Å². The molecule has 0 aromatic heterocycles. The molecule has 224 valence electrons. The van der Waals surface area contributed by atoms with Crippen LogP contribution in [0.3, 0.4) is 0 Å². The van der Waals surface area contributed by atoms with E-state index in [9.17, 15) is 21.6 Å². The Morgan fingerprint density at radius 1 is 0.780 bits per heavy atom. The van der Waals surface area contributed by atoms with E-state index < -0.39 is 58.2 Å². The predicted molar refractivity (Wildman–Crippen MR) is 154 cm³/mol. The first-order valence-electron chi connectivity index (χ1n) is 13.3. The van der Waals surface area contributed by atoms with Gasteiger partial charge in [-0.2, -0.15) is 21.6 Å². The monoisotopic (exact) mass is 707 g/mol. The number of halogens is 4. The molecule has 0 aliphatic carbocycles. The number of aryl methyl sites for hydroxylation is 2. The second-order valence-electron chi connectivity index (χ2n) is 13.6. The molecular weight excluding hydrogens is 669 g/mol. The molecule has 2 aromatic carbocycles. The third-order valence-electron chi connectivity index (χ3n) is 6.27. The van der Waals surface area contributed by atoms with Gasteiger partial charge in [0, 0.05) is 5.56 Å². The van der Waals surface area contributed by atoms with Gasteiger partial charge in [-0.3, -0.25) is 0 Å². The van der Waals surface area contributed by atoms with E-state index in [1.807, 2.05) is 65.8 Å². The molecule has 1 saturated heterocycles. The highest BCUT2D eigenvalue weighted by Gasteiger charge is 2.52. The lowest BCUT2D eigenvalue weighted by Crippen LogP contribution is -3.61. The van der Waals surface area contributed by atoms with Crippen molar-refractivity contribution in [3.63, 3.8) is 0 Å². The second kappa shape index (κ2) is 11.7. The molecule has 0 bridgehead atoms. The van der Waals surface area contributed by atoms with Crippen LogP contribution in [-0.2, 0) is 29.2 Å². The fourth-order valence-electron chi connectivity index (χ4n) is 4.01. The molecular formula is C27H38B3F3IO6S+. The van der Waals surface area contributed by atoms with Crippen molar-refractivity contribution in [1.29, 1.82) is 0 Å². The molecule has 0 N–H and O–H groups in total. The zero-order chi connectivity index (χ0) is 31.3. The Kier molecular flexibility index (Phi) is 9.78. The van der Waals surface area contributed by atoms with E-state index in [-0.39, 0.29) is 21.8 Å². The third-order valence-corrected chi connectivity index (χ3v) is 10.4. The smallest absolute Gasteiger partial charge is 0.452 e. The minimum atomic E-state index is -5.83. The minimum absolute atomic E-state index is 0.270. The summed E-state index contributed by atoms with van der Waals surface area (Å²) in [6, 6.07) is 9.12. The Balaban J connectivity index is 2.13. The molecule has 1 heterocycles. The van der Waals surface area contributed by atoms with Crippen LogP contribution < -0.4 is 30.9 Å². The Bertz CT molecular complexity index is 1360. The van der Waals surface area contributed by atoms with Crippen LogP contribution in [0.2, 0.25) is 10.6 Å². The van der Waals surface area contributed by atoms with E-state index in [0.717, 1.165) is 14.6 Å². The lowest BCUT2D eigenvalue weighted by molar-refractivity contribution is -0.598. The summed E-state index contributed by atoms with van der Waals surface area (Å²) >= 11 is -1.19. The van der Waals surface area contributed by atoms with Crippen LogP contribution in [-0.4, -0.2) is 35.3 Å². The van der Waals surface area contributed by atoms with E-state index >= 15 is 0 Å². The Morgan fingerprint density at radius 2 is 1.32 bits per heavy atom. The topological polar surface area (TPSA) is 71.1 Å². The molecule has 0 unspecified atom stereocenters. The highest BCUT2D eigenvalue weighted by atomic mass is 127. The molecule has 0 saturated carbocycles. The van der Waals surface area contributed by atoms with Gasteiger partial charge in [-0.15, -0.1) is 0 Å². The molecule has 0 spiro atoms. The van der Waals surface area contributed by atoms with Gasteiger partial charge in [0.15, 0.2) is 9.32 Å². The Hall–Kier alpha value is -1.22. The highest BCUT2D eigenvalue weighted by molar-refractivity contribution is 7.88. The van der Waals surface area contributed by atoms with Crippen LogP contribution in [0, 0.1) is 21.0 Å². The van der Waals surface area contributed by atoms with E-state index in [1.165, 1.54) is 6.07 Å². The number of hydrogen-bond donors (Lipinski definition) is 0. The summed E-state index contributed by atoms with van der Waals surface area (Å²) in [7, 11) is -7.67. The molecule has 0 amide bonds. The SMILES string of the molecule is Cc1cc(C)c([I+]c2cc(B3OB(C(C)(C)C)OB(C(C)(C)C)O3)cc(C(C)(C)C)c2)c(OS(=O)(=O)C(F)(F)F)c1. The molecule has 1 aliphatic rings. The van der Waals surface area contributed by atoms with Crippen molar-refractivity contribution in [2.75, 3.05) is 0 Å². The van der Waals surface area contributed by atoms with Crippen molar-refractivity contribution in [3.8, 4) is 5.75 Å². The summed E-state index contributed by atoms with van der Waals surface area (Å²) in [5, 5.41) is -0.670. The van der Waals surface area contributed by atoms with E-state index in [0.29, 0.717) is 14.7 Å². The summed E-state index contributed by atoms with van der Waals surface area (Å²) in [6.07, 6.45) is 0. The Morgan fingerprint density at radius 3 is 1.78 bits per heavy atom. The molecule has 0 atom stereocenters. The highest BCUT2D eigenvalue weighted by Crippen LogP contribution is 2.37. The van der Waals surface area contributed by atoms with Gasteiger partial charge in [0.2, 0.25) is 3.57 Å². The van der Waals surface area contributed by atoms with Crippen molar-refractivity contribution in [1.82, 2.24) is 0 Å². The molecule has 3 rings (SSSR count). The maximum atomic E-state index is 13.2. The van der Waals surface area contributed by atoms with Crippen LogP contribution >= 0.6 is 0 Å². The van der Waals surface area contributed by atoms with Crippen LogP contribution in [0.1, 0.15) is 79.0 Å². The van der Waals surface area contributed by atoms with Gasteiger partial charge in [0.1, 0.15) is 0 Å². The molecule has 1 aliphatic heterocycles. The van der Waals surface area contributed by atoms with Crippen molar-refractivity contribution < 1.29 is 60.7 Å². The van der Waals surface area contributed by atoms with Crippen LogP contribution in [0.4, 0.5) is 13.2 Å². The van der Waals surface area contributed by atoms with Gasteiger partial charge in [-0.05, 0) is 64.7 Å². The molecule has 0 radical (unpaired) electrons. The molecule has 41 heavy (non-hydrogen) atoms. The third kappa shape index (κ3) is 8.45. The summed E-state index contributed by atoms with van der Waals surface area (Å²) in [5.74, 6) is -0.297. The molecule has 14 heteroatoms. The van der Waals surface area contributed by atoms with Crippen LogP contribution in [0.5, 0.6) is 5.75 Å². The van der Waals surface area contributed by atoms with Crippen molar-refractivity contribution in [2.45, 2.75) is 97.7 Å². The van der Waals surface area contributed by atoms with Crippen molar-refractivity contribution in [3.05, 3.63) is 54.2 Å². The lowest BCUT2D eigenvalue weighted by atomic mass is 9.50. The largest absolute Gasteiger partial charge is 0.534 e. The van der Waals surface area contributed by atoms with Gasteiger partial charge in [-0.25, -0.2) is 0 Å². The van der Waals surface area contributed by atoms with E-state index in [1.54, 1.807) is 13.8 Å². The van der Waals surface area contributed by atoms with Gasteiger partial charge in [-0.1, -0.05) is 74.4 Å². The lowest BCUT2D eigenvalue weighted by Gasteiger charge is -2.41. The van der Waals surface area contributed by atoms with Crippen LogP contribution in [0.15, 0.2) is 30.3 Å². The first-order valence-corrected chi connectivity index (χ1v) is 16.8. The molecule has 2 aromatic rings. The fourth-order valence-corrected chi connectivity index (χ4v) is 7.36. The first kappa shape index (κ1) is 34.3. The normalized spacial score (nSPS) is 15.9. The summed E-state index contributed by atoms with van der Waals surface area (Å²) in [5.41, 5.74) is -2.81. The van der Waals surface area contributed by atoms with E-state index in [2.05, 4.69) is 25.0 Å². The average molecular weight is 707 g/mol. The van der Waals surface area contributed by atoms with Gasteiger partial charge in [0.05, 0.1) is 0 Å². The standard InChI is InChI=1S/C27H38B3F3IO6S/c1-17-12-18(2)23(22(13-17)37-41(35,36)27(31,32)33)34-21-15-19(24(3,4)5)14-20(16-21)28-38-29(25(6,7)8)40-30(39-28)26(9,10)11/h12-16H,1-11H3/q+1. The summed E-state index contributed by atoms with van der Waals surface area (Å²) in [6.45, 7) is 21.8. The fraction of sp³-hybridized carbons (Fsp3) is 0.556. The maximum Gasteiger partial charge on any atom is 0.534 e. The van der Waals surface area contributed by atoms with Gasteiger partial charge in [0.25, 0.3) is 0 Å². The maximum absolute atomic E-state index is 13.2. The first-order chi connectivity index (χ1) is 18.4. The molecule has 1 fully saturated rings. The Labute approximate surface area is 254 Å². The quantitative estimate of drug-likeness (QED) is 0.206. The average Bonchev–Trinajstić information content (AvgIpc) is 2.78. The number of rotatable bonds is 5. The predicted octanol–water partition coefficient (Wildman–Crippen LogP) is 3.29. The zero-order valence-corrected chi connectivity index (χ0v) is 28.5.